The summed E-state index contributed by atoms with van der Waals surface area (Å²) >= 11 is 0. The van der Waals surface area contributed by atoms with Crippen LogP contribution in [0.5, 0.6) is 0 Å². The fourth-order valence-corrected chi connectivity index (χ4v) is 4.75. The lowest BCUT2D eigenvalue weighted by Crippen LogP contribution is -2.45. The van der Waals surface area contributed by atoms with Crippen molar-refractivity contribution in [2.24, 2.45) is 5.92 Å². The van der Waals surface area contributed by atoms with Crippen molar-refractivity contribution < 1.29 is 23.2 Å². The van der Waals surface area contributed by atoms with Gasteiger partial charge in [-0.25, -0.2) is 8.78 Å². The van der Waals surface area contributed by atoms with Crippen molar-refractivity contribution in [3.63, 3.8) is 0 Å². The van der Waals surface area contributed by atoms with Gasteiger partial charge in [-0.1, -0.05) is 0 Å². The van der Waals surface area contributed by atoms with Crippen LogP contribution >= 0.6 is 0 Å². The second-order valence-corrected chi connectivity index (χ2v) is 7.90. The number of halogens is 2. The molecular weight excluding hydrogens is 368 g/mol. The number of hydrogen-bond donors (Lipinski definition) is 1. The molecule has 0 aromatic heterocycles. The molecule has 3 fully saturated rings. The molecule has 0 saturated carbocycles. The second-order valence-electron chi connectivity index (χ2n) is 7.90. The Morgan fingerprint density at radius 1 is 1.18 bits per heavy atom. The zero-order chi connectivity index (χ0) is 20.0. The number of rotatable bonds is 2. The van der Waals surface area contributed by atoms with Crippen molar-refractivity contribution in [1.29, 1.82) is 0 Å². The second kappa shape index (κ2) is 7.14. The first-order valence-corrected chi connectivity index (χ1v) is 9.70. The summed E-state index contributed by atoms with van der Waals surface area (Å²) in [5.41, 5.74) is -0.145. The van der Waals surface area contributed by atoms with E-state index in [4.69, 9.17) is 0 Å². The summed E-state index contributed by atoms with van der Waals surface area (Å²) < 4.78 is 28.2. The van der Waals surface area contributed by atoms with Crippen molar-refractivity contribution in [3.8, 4) is 0 Å². The van der Waals surface area contributed by atoms with Crippen LogP contribution in [0.25, 0.3) is 0 Å². The number of carbonyl (C=O) groups excluding carboxylic acids is 3. The van der Waals surface area contributed by atoms with E-state index in [0.29, 0.717) is 32.4 Å². The molecule has 150 valence electrons. The van der Waals surface area contributed by atoms with Gasteiger partial charge in [0.05, 0.1) is 18.0 Å². The van der Waals surface area contributed by atoms with Gasteiger partial charge in [0.15, 0.2) is 0 Å². The van der Waals surface area contributed by atoms with Gasteiger partial charge in [0.2, 0.25) is 11.8 Å². The Morgan fingerprint density at radius 2 is 1.96 bits per heavy atom. The maximum atomic E-state index is 14.3. The standard InChI is InChI=1S/C20H23F2N3O3/c1-11-7-16(22)13(9-15(11)21)20(28)25-12-3-4-17(25)14(8-12)19(27)24-6-2-5-23-18(26)10-24/h7,9,12,14,17H,2-6,8,10H2,1H3,(H,23,26)/t12-,14-,17-/m1/s1. The lowest BCUT2D eigenvalue weighted by atomic mass is 9.88. The van der Waals surface area contributed by atoms with Gasteiger partial charge in [-0.05, 0) is 50.3 Å². The molecule has 6 nitrogen and oxygen atoms in total. The zero-order valence-corrected chi connectivity index (χ0v) is 15.7. The maximum Gasteiger partial charge on any atom is 0.257 e. The van der Waals surface area contributed by atoms with Gasteiger partial charge in [0.25, 0.3) is 5.91 Å². The zero-order valence-electron chi connectivity index (χ0n) is 15.7. The normalized spacial score (nSPS) is 27.0. The quantitative estimate of drug-likeness (QED) is 0.833. The number of amides is 3. The minimum Gasteiger partial charge on any atom is -0.354 e. The van der Waals surface area contributed by atoms with E-state index in [9.17, 15) is 23.2 Å². The van der Waals surface area contributed by atoms with E-state index in [1.54, 1.807) is 9.80 Å². The average Bonchev–Trinajstić information content (AvgIpc) is 3.16. The van der Waals surface area contributed by atoms with Crippen molar-refractivity contribution in [1.82, 2.24) is 15.1 Å². The Hall–Kier alpha value is -2.51. The van der Waals surface area contributed by atoms with Crippen LogP contribution < -0.4 is 5.32 Å². The van der Waals surface area contributed by atoms with E-state index >= 15 is 0 Å². The first-order valence-electron chi connectivity index (χ1n) is 9.70. The predicted octanol–water partition coefficient (Wildman–Crippen LogP) is 1.61. The molecule has 0 radical (unpaired) electrons. The van der Waals surface area contributed by atoms with Crippen LogP contribution in [-0.2, 0) is 9.59 Å². The first kappa shape index (κ1) is 18.8. The summed E-state index contributed by atoms with van der Waals surface area (Å²) in [4.78, 5) is 40.9. The summed E-state index contributed by atoms with van der Waals surface area (Å²) in [6, 6.07) is 1.48. The Balaban J connectivity index is 1.55. The summed E-state index contributed by atoms with van der Waals surface area (Å²) in [6.45, 7) is 2.51. The Morgan fingerprint density at radius 3 is 2.75 bits per heavy atom. The van der Waals surface area contributed by atoms with E-state index < -0.39 is 23.5 Å². The molecule has 0 unspecified atom stereocenters. The molecule has 3 atom stereocenters. The molecule has 1 aromatic rings. The van der Waals surface area contributed by atoms with Crippen molar-refractivity contribution >= 4 is 17.7 Å². The van der Waals surface area contributed by atoms with Crippen LogP contribution in [0.2, 0.25) is 0 Å². The molecule has 1 N–H and O–H groups in total. The Kier molecular flexibility index (Phi) is 4.81. The number of nitrogens with one attached hydrogen (secondary N) is 1. The van der Waals surface area contributed by atoms with Gasteiger partial charge in [-0.2, -0.15) is 0 Å². The van der Waals surface area contributed by atoms with E-state index in [2.05, 4.69) is 5.32 Å². The van der Waals surface area contributed by atoms with Crippen molar-refractivity contribution in [2.45, 2.75) is 44.7 Å². The van der Waals surface area contributed by atoms with Crippen LogP contribution in [0.4, 0.5) is 8.78 Å². The van der Waals surface area contributed by atoms with Crippen molar-refractivity contribution in [3.05, 3.63) is 34.9 Å². The number of benzene rings is 1. The number of nitrogens with zero attached hydrogens (tertiary/aromatic N) is 2. The predicted molar refractivity (Wildman–Crippen MR) is 96.4 cm³/mol. The topological polar surface area (TPSA) is 69.7 Å². The molecule has 8 heteroatoms. The molecule has 3 aliphatic rings. The average molecular weight is 391 g/mol. The lowest BCUT2D eigenvalue weighted by Gasteiger charge is -2.28. The van der Waals surface area contributed by atoms with Gasteiger partial charge in [0.1, 0.15) is 11.6 Å². The van der Waals surface area contributed by atoms with Crippen LogP contribution in [-0.4, -0.2) is 59.2 Å². The molecule has 3 aliphatic heterocycles. The van der Waals surface area contributed by atoms with Crippen LogP contribution in [0, 0.1) is 24.5 Å². The molecule has 1 aromatic carbocycles. The van der Waals surface area contributed by atoms with Gasteiger partial charge in [-0.3, -0.25) is 14.4 Å². The molecule has 28 heavy (non-hydrogen) atoms. The molecule has 0 aliphatic carbocycles. The molecule has 3 amide bonds. The molecule has 0 spiro atoms. The van der Waals surface area contributed by atoms with Gasteiger partial charge < -0.3 is 15.1 Å². The monoisotopic (exact) mass is 391 g/mol. The molecule has 3 heterocycles. The third kappa shape index (κ3) is 3.14. The highest BCUT2D eigenvalue weighted by molar-refractivity contribution is 5.96. The van der Waals surface area contributed by atoms with Gasteiger partial charge in [0, 0.05) is 25.2 Å². The van der Waals surface area contributed by atoms with Crippen molar-refractivity contribution in [2.75, 3.05) is 19.6 Å². The number of carbonyl (C=O) groups is 3. The van der Waals surface area contributed by atoms with E-state index in [-0.39, 0.29) is 41.6 Å². The first-order chi connectivity index (χ1) is 13.4. The molecule has 2 bridgehead atoms. The highest BCUT2D eigenvalue weighted by atomic mass is 19.1. The van der Waals surface area contributed by atoms with Gasteiger partial charge in [-0.15, -0.1) is 0 Å². The van der Waals surface area contributed by atoms with E-state index in [0.717, 1.165) is 18.6 Å². The minimum atomic E-state index is -0.748. The van der Waals surface area contributed by atoms with E-state index in [1.807, 2.05) is 0 Å². The molecular formula is C20H23F2N3O3. The minimum absolute atomic E-state index is 0.0263. The third-order valence-electron chi connectivity index (χ3n) is 6.14. The fraction of sp³-hybridized carbons (Fsp3) is 0.550. The number of hydrogen-bond acceptors (Lipinski definition) is 3. The highest BCUT2D eigenvalue weighted by Gasteiger charge is 2.52. The van der Waals surface area contributed by atoms with E-state index in [1.165, 1.54) is 6.92 Å². The third-order valence-corrected chi connectivity index (χ3v) is 6.14. The van der Waals surface area contributed by atoms with Crippen LogP contribution in [0.15, 0.2) is 12.1 Å². The summed E-state index contributed by atoms with van der Waals surface area (Å²) in [6.07, 6.45) is 2.59. The Labute approximate surface area is 161 Å². The summed E-state index contributed by atoms with van der Waals surface area (Å²) in [7, 11) is 0. The number of fused-ring (bicyclic) bond motifs is 2. The van der Waals surface area contributed by atoms with Crippen LogP contribution in [0.3, 0.4) is 0 Å². The lowest BCUT2D eigenvalue weighted by molar-refractivity contribution is -0.139. The molecule has 3 saturated heterocycles. The highest BCUT2D eigenvalue weighted by Crippen LogP contribution is 2.43. The fourth-order valence-electron chi connectivity index (χ4n) is 4.75. The largest absolute Gasteiger partial charge is 0.354 e. The number of aryl methyl sites for hydroxylation is 1. The van der Waals surface area contributed by atoms with Gasteiger partial charge >= 0.3 is 0 Å². The SMILES string of the molecule is Cc1cc(F)c(C(=O)N2[C@@H]3CC[C@@H]2[C@H](C(=O)N2CCCNC(=O)C2)C3)cc1F. The Bertz CT molecular complexity index is 844. The maximum absolute atomic E-state index is 14.3. The molecule has 4 rings (SSSR count). The summed E-state index contributed by atoms with van der Waals surface area (Å²) in [5, 5.41) is 2.74. The van der Waals surface area contributed by atoms with Crippen LogP contribution in [0.1, 0.15) is 41.6 Å². The summed E-state index contributed by atoms with van der Waals surface area (Å²) in [5.74, 6) is -2.64. The smallest absolute Gasteiger partial charge is 0.257 e.